The number of unbranched alkanes of at least 4 members (excludes halogenated alkanes) is 7. The third-order valence-corrected chi connectivity index (χ3v) is 3.45. The molecule has 120 valence electrons. The molecule has 0 aliphatic carbocycles. The molecule has 1 heterocycles. The van der Waals surface area contributed by atoms with Gasteiger partial charge in [0.05, 0.1) is 6.20 Å². The van der Waals surface area contributed by atoms with E-state index in [0.29, 0.717) is 25.4 Å². The Morgan fingerprint density at radius 1 is 1.14 bits per heavy atom. The second kappa shape index (κ2) is 11.3. The number of aromatic nitrogens is 2. The molecule has 1 aromatic heterocycles. The first kappa shape index (κ1) is 17.7. The van der Waals surface area contributed by atoms with Crippen LogP contribution in [0.2, 0.25) is 0 Å². The monoisotopic (exact) mass is 295 g/mol. The van der Waals surface area contributed by atoms with E-state index in [4.69, 9.17) is 10.5 Å². The molecule has 5 nitrogen and oxygen atoms in total. The van der Waals surface area contributed by atoms with E-state index in [9.17, 15) is 4.79 Å². The van der Waals surface area contributed by atoms with Gasteiger partial charge in [-0.25, -0.2) is 4.68 Å². The summed E-state index contributed by atoms with van der Waals surface area (Å²) in [6.45, 7) is 3.76. The number of hydrogen-bond acceptors (Lipinski definition) is 4. The summed E-state index contributed by atoms with van der Waals surface area (Å²) in [5.74, 6) is 0.498. The molecule has 0 fully saturated rings. The Bertz CT molecular complexity index is 432. The maximum absolute atomic E-state index is 11.8. The molecule has 0 unspecified atom stereocenters. The summed E-state index contributed by atoms with van der Waals surface area (Å²) in [6.07, 6.45) is 11.6. The van der Waals surface area contributed by atoms with E-state index in [1.165, 1.54) is 49.3 Å². The van der Waals surface area contributed by atoms with E-state index in [1.807, 2.05) is 0 Å². The molecule has 0 aliphatic heterocycles. The molecule has 0 saturated heterocycles. The highest BCUT2D eigenvalue weighted by molar-refractivity contribution is 5.13. The van der Waals surface area contributed by atoms with Crippen molar-refractivity contribution < 1.29 is 4.74 Å². The van der Waals surface area contributed by atoms with Crippen LogP contribution < -0.4 is 16.0 Å². The van der Waals surface area contributed by atoms with Gasteiger partial charge in [0.1, 0.15) is 12.4 Å². The van der Waals surface area contributed by atoms with E-state index in [-0.39, 0.29) is 5.56 Å². The predicted octanol–water partition coefficient (Wildman–Crippen LogP) is 2.72. The molecule has 21 heavy (non-hydrogen) atoms. The normalized spacial score (nSPS) is 10.8. The Kier molecular flexibility index (Phi) is 9.53. The summed E-state index contributed by atoms with van der Waals surface area (Å²) in [4.78, 5) is 11.8. The van der Waals surface area contributed by atoms with Gasteiger partial charge in [0, 0.05) is 19.2 Å². The van der Waals surface area contributed by atoms with Crippen LogP contribution >= 0.6 is 0 Å². The van der Waals surface area contributed by atoms with Crippen LogP contribution in [-0.2, 0) is 6.54 Å². The summed E-state index contributed by atoms with van der Waals surface area (Å²) in [5.41, 5.74) is 5.24. The average Bonchev–Trinajstić information content (AvgIpc) is 2.49. The van der Waals surface area contributed by atoms with Crippen LogP contribution in [0.25, 0.3) is 0 Å². The van der Waals surface area contributed by atoms with E-state index in [2.05, 4.69) is 12.0 Å². The molecule has 0 aromatic carbocycles. The van der Waals surface area contributed by atoms with Gasteiger partial charge >= 0.3 is 0 Å². The van der Waals surface area contributed by atoms with Crippen molar-refractivity contribution in [1.29, 1.82) is 0 Å². The third-order valence-electron chi connectivity index (χ3n) is 3.45. The maximum Gasteiger partial charge on any atom is 0.270 e. The standard InChI is InChI=1S/C16H29N3O2/c1-2-3-4-5-6-7-8-9-11-19-16(20)13-15(14-18-19)21-12-10-17/h13-14H,2-12,17H2,1H3. The molecule has 2 N–H and O–H groups in total. The van der Waals surface area contributed by atoms with Crippen molar-refractivity contribution in [1.82, 2.24) is 9.78 Å². The van der Waals surface area contributed by atoms with Crippen LogP contribution in [0, 0.1) is 0 Å². The molecule has 0 bridgehead atoms. The largest absolute Gasteiger partial charge is 0.490 e. The molecular formula is C16H29N3O2. The van der Waals surface area contributed by atoms with Crippen LogP contribution in [-0.4, -0.2) is 22.9 Å². The smallest absolute Gasteiger partial charge is 0.270 e. The zero-order valence-corrected chi connectivity index (χ0v) is 13.2. The van der Waals surface area contributed by atoms with Crippen LogP contribution in [0.1, 0.15) is 58.3 Å². The highest BCUT2D eigenvalue weighted by Crippen LogP contribution is 2.09. The molecule has 1 rings (SSSR count). The van der Waals surface area contributed by atoms with Crippen LogP contribution in [0.4, 0.5) is 0 Å². The average molecular weight is 295 g/mol. The van der Waals surface area contributed by atoms with Crippen molar-refractivity contribution in [3.8, 4) is 5.75 Å². The van der Waals surface area contributed by atoms with Gasteiger partial charge in [0.2, 0.25) is 0 Å². The van der Waals surface area contributed by atoms with Crippen LogP contribution in [0.3, 0.4) is 0 Å². The molecule has 0 aliphatic rings. The van der Waals surface area contributed by atoms with E-state index in [0.717, 1.165) is 12.8 Å². The number of rotatable bonds is 12. The van der Waals surface area contributed by atoms with Crippen molar-refractivity contribution in [2.75, 3.05) is 13.2 Å². The zero-order chi connectivity index (χ0) is 15.3. The first-order valence-electron chi connectivity index (χ1n) is 8.18. The fourth-order valence-corrected chi connectivity index (χ4v) is 2.24. The highest BCUT2D eigenvalue weighted by Gasteiger charge is 2.01. The van der Waals surface area contributed by atoms with Crippen molar-refractivity contribution >= 4 is 0 Å². The lowest BCUT2D eigenvalue weighted by Crippen LogP contribution is -2.22. The summed E-state index contributed by atoms with van der Waals surface area (Å²) in [6, 6.07) is 1.48. The minimum atomic E-state index is -0.104. The van der Waals surface area contributed by atoms with Gasteiger partial charge in [-0.05, 0) is 6.42 Å². The number of hydrogen-bond donors (Lipinski definition) is 1. The Labute approximate surface area is 127 Å². The van der Waals surface area contributed by atoms with E-state index in [1.54, 1.807) is 6.20 Å². The minimum Gasteiger partial charge on any atom is -0.490 e. The van der Waals surface area contributed by atoms with Crippen molar-refractivity contribution in [2.24, 2.45) is 5.73 Å². The Hall–Kier alpha value is -1.36. The molecular weight excluding hydrogens is 266 g/mol. The van der Waals surface area contributed by atoms with Gasteiger partial charge in [-0.15, -0.1) is 0 Å². The lowest BCUT2D eigenvalue weighted by molar-refractivity contribution is 0.323. The van der Waals surface area contributed by atoms with Gasteiger partial charge in [0.15, 0.2) is 0 Å². The molecule has 5 heteroatoms. The molecule has 1 aromatic rings. The summed E-state index contributed by atoms with van der Waals surface area (Å²) < 4.78 is 6.79. The molecule has 0 atom stereocenters. The summed E-state index contributed by atoms with van der Waals surface area (Å²) in [7, 11) is 0. The number of ether oxygens (including phenoxy) is 1. The zero-order valence-electron chi connectivity index (χ0n) is 13.2. The SMILES string of the molecule is CCCCCCCCCCn1ncc(OCCN)cc1=O. The fraction of sp³-hybridized carbons (Fsp3) is 0.750. The second-order valence-corrected chi connectivity index (χ2v) is 5.36. The van der Waals surface area contributed by atoms with E-state index < -0.39 is 0 Å². The summed E-state index contributed by atoms with van der Waals surface area (Å²) in [5, 5.41) is 4.13. The van der Waals surface area contributed by atoms with Crippen LogP contribution in [0.5, 0.6) is 5.75 Å². The minimum absolute atomic E-state index is 0.104. The molecule has 0 radical (unpaired) electrons. The van der Waals surface area contributed by atoms with Gasteiger partial charge < -0.3 is 10.5 Å². The number of nitrogens with two attached hydrogens (primary N) is 1. The fourth-order valence-electron chi connectivity index (χ4n) is 2.24. The second-order valence-electron chi connectivity index (χ2n) is 5.36. The molecule has 0 amide bonds. The Morgan fingerprint density at radius 3 is 2.43 bits per heavy atom. The van der Waals surface area contributed by atoms with Gasteiger partial charge in [-0.2, -0.15) is 5.10 Å². The van der Waals surface area contributed by atoms with Gasteiger partial charge in [-0.1, -0.05) is 51.9 Å². The topological polar surface area (TPSA) is 70.1 Å². The van der Waals surface area contributed by atoms with Crippen molar-refractivity contribution in [3.05, 3.63) is 22.6 Å². The third kappa shape index (κ3) is 7.85. The van der Waals surface area contributed by atoms with Crippen molar-refractivity contribution in [3.63, 3.8) is 0 Å². The van der Waals surface area contributed by atoms with Gasteiger partial charge in [0.25, 0.3) is 5.56 Å². The highest BCUT2D eigenvalue weighted by atomic mass is 16.5. The van der Waals surface area contributed by atoms with Crippen LogP contribution in [0.15, 0.2) is 17.1 Å². The molecule has 0 saturated carbocycles. The lowest BCUT2D eigenvalue weighted by atomic mass is 10.1. The maximum atomic E-state index is 11.8. The number of nitrogens with zero attached hydrogens (tertiary/aromatic N) is 2. The Morgan fingerprint density at radius 2 is 1.81 bits per heavy atom. The van der Waals surface area contributed by atoms with E-state index >= 15 is 0 Å². The Balaban J connectivity index is 2.18. The summed E-state index contributed by atoms with van der Waals surface area (Å²) >= 11 is 0. The first-order chi connectivity index (χ1) is 10.3. The predicted molar refractivity (Wildman–Crippen MR) is 85.7 cm³/mol. The van der Waals surface area contributed by atoms with Gasteiger partial charge in [-0.3, -0.25) is 4.79 Å². The lowest BCUT2D eigenvalue weighted by Gasteiger charge is -2.07. The van der Waals surface area contributed by atoms with Crippen molar-refractivity contribution in [2.45, 2.75) is 64.8 Å². The quantitative estimate of drug-likeness (QED) is 0.602. The first-order valence-corrected chi connectivity index (χ1v) is 8.18. The molecule has 0 spiro atoms. The number of aryl methyl sites for hydroxylation is 1.